The molecule has 0 N–H and O–H groups in total. The van der Waals surface area contributed by atoms with Crippen LogP contribution >= 0.6 is 0 Å². The minimum atomic E-state index is -1.39. The Labute approximate surface area is 131 Å². The van der Waals surface area contributed by atoms with Gasteiger partial charge in [0.15, 0.2) is 0 Å². The number of rotatable bonds is 5. The first kappa shape index (κ1) is 18.7. The molecule has 21 heavy (non-hydrogen) atoms. The molecule has 0 aromatic carbocycles. The van der Waals surface area contributed by atoms with Crippen LogP contribution in [0.5, 0.6) is 0 Å². The van der Waals surface area contributed by atoms with Crippen molar-refractivity contribution in [1.82, 2.24) is 9.47 Å². The molecule has 1 atom stereocenters. The summed E-state index contributed by atoms with van der Waals surface area (Å²) in [7, 11) is -1.39. The molecule has 1 aliphatic rings. The Morgan fingerprint density at radius 2 is 1.71 bits per heavy atom. The number of hydrogen-bond donors (Lipinski definition) is 0. The van der Waals surface area contributed by atoms with Crippen LogP contribution in [0, 0.1) is 5.92 Å². The molecule has 1 aliphatic heterocycles. The molecule has 0 aromatic heterocycles. The fraction of sp³-hybridized carbons (Fsp3) is 0.938. The maximum absolute atomic E-state index is 11.7. The van der Waals surface area contributed by atoms with Crippen molar-refractivity contribution in [2.24, 2.45) is 5.92 Å². The predicted octanol–water partition coefficient (Wildman–Crippen LogP) is 2.81. The predicted molar refractivity (Wildman–Crippen MR) is 91.0 cm³/mol. The van der Waals surface area contributed by atoms with Gasteiger partial charge in [-0.3, -0.25) is 4.79 Å². The van der Waals surface area contributed by atoms with Gasteiger partial charge in [-0.15, -0.1) is 0 Å². The van der Waals surface area contributed by atoms with E-state index in [4.69, 9.17) is 4.74 Å². The highest BCUT2D eigenvalue weighted by molar-refractivity contribution is 6.77. The SMILES string of the molecule is CCOC(=O)C(C)CN1CCN([Si](C)(C)C(C)(C)C)CC1. The van der Waals surface area contributed by atoms with Crippen LogP contribution in [0.2, 0.25) is 18.1 Å². The third-order valence-corrected chi connectivity index (χ3v) is 10.9. The lowest BCUT2D eigenvalue weighted by Gasteiger charge is -2.49. The van der Waals surface area contributed by atoms with Crippen molar-refractivity contribution < 1.29 is 9.53 Å². The van der Waals surface area contributed by atoms with Gasteiger partial charge in [-0.2, -0.15) is 0 Å². The standard InChI is InChI=1S/C16H34N2O2Si/c1-8-20-15(19)14(2)13-17-9-11-18(12-10-17)21(6,7)16(3,4)5/h14H,8-13H2,1-7H3. The number of ether oxygens (including phenoxy) is 1. The highest BCUT2D eigenvalue weighted by Gasteiger charge is 2.41. The lowest BCUT2D eigenvalue weighted by Crippen LogP contribution is -2.61. The van der Waals surface area contributed by atoms with E-state index in [2.05, 4.69) is 43.3 Å². The molecule has 0 aliphatic carbocycles. The number of piperazine rings is 1. The Morgan fingerprint density at radius 3 is 2.14 bits per heavy atom. The van der Waals surface area contributed by atoms with Gasteiger partial charge < -0.3 is 14.2 Å². The summed E-state index contributed by atoms with van der Waals surface area (Å²) in [5.74, 6) is -0.0892. The zero-order chi connectivity index (χ0) is 16.3. The van der Waals surface area contributed by atoms with Crippen LogP contribution in [0.15, 0.2) is 0 Å². The minimum Gasteiger partial charge on any atom is -0.466 e. The molecule has 124 valence electrons. The fourth-order valence-corrected chi connectivity index (χ4v) is 4.98. The third-order valence-electron chi connectivity index (χ3n) is 5.22. The molecule has 0 bridgehead atoms. The van der Waals surface area contributed by atoms with E-state index < -0.39 is 8.24 Å². The van der Waals surface area contributed by atoms with E-state index in [-0.39, 0.29) is 11.9 Å². The minimum absolute atomic E-state index is 0.0237. The second-order valence-corrected chi connectivity index (χ2v) is 13.0. The molecule has 1 saturated heterocycles. The number of esters is 1. The van der Waals surface area contributed by atoms with E-state index in [9.17, 15) is 4.79 Å². The Balaban J connectivity index is 2.48. The van der Waals surface area contributed by atoms with Gasteiger partial charge in [0, 0.05) is 32.7 Å². The van der Waals surface area contributed by atoms with Gasteiger partial charge in [0.25, 0.3) is 0 Å². The van der Waals surface area contributed by atoms with Crippen LogP contribution in [0.25, 0.3) is 0 Å². The number of carbonyl (C=O) groups is 1. The van der Waals surface area contributed by atoms with Crippen molar-refractivity contribution in [1.29, 1.82) is 0 Å². The molecule has 0 spiro atoms. The smallest absolute Gasteiger partial charge is 0.309 e. The Bertz CT molecular complexity index is 345. The fourth-order valence-electron chi connectivity index (χ4n) is 2.71. The molecule has 1 heterocycles. The molecule has 1 unspecified atom stereocenters. The van der Waals surface area contributed by atoms with E-state index in [1.54, 1.807) is 0 Å². The molecule has 0 aromatic rings. The lowest BCUT2D eigenvalue weighted by molar-refractivity contribution is -0.148. The molecule has 1 rings (SSSR count). The van der Waals surface area contributed by atoms with Gasteiger partial charge in [-0.25, -0.2) is 0 Å². The first-order chi connectivity index (χ1) is 9.59. The quantitative estimate of drug-likeness (QED) is 0.577. The second-order valence-electron chi connectivity index (χ2n) is 7.75. The normalized spacial score (nSPS) is 20.3. The molecule has 5 heteroatoms. The van der Waals surface area contributed by atoms with Crippen LogP contribution in [-0.2, 0) is 9.53 Å². The molecular weight excluding hydrogens is 280 g/mol. The summed E-state index contributed by atoms with van der Waals surface area (Å²) in [6.45, 7) is 21.6. The van der Waals surface area contributed by atoms with Crippen molar-refractivity contribution in [3.8, 4) is 0 Å². The van der Waals surface area contributed by atoms with Crippen molar-refractivity contribution >= 4 is 14.2 Å². The Kier molecular flexibility index (Phi) is 6.44. The first-order valence-corrected chi connectivity index (χ1v) is 11.2. The largest absolute Gasteiger partial charge is 0.466 e. The molecule has 4 nitrogen and oxygen atoms in total. The highest BCUT2D eigenvalue weighted by atomic mass is 28.3. The van der Waals surface area contributed by atoms with Gasteiger partial charge in [-0.1, -0.05) is 40.8 Å². The summed E-state index contributed by atoms with van der Waals surface area (Å²) in [4.78, 5) is 14.1. The molecular formula is C16H34N2O2Si. The zero-order valence-electron chi connectivity index (χ0n) is 15.0. The van der Waals surface area contributed by atoms with Crippen molar-refractivity contribution in [2.75, 3.05) is 39.3 Å². The van der Waals surface area contributed by atoms with Crippen LogP contribution < -0.4 is 0 Å². The Morgan fingerprint density at radius 1 is 1.19 bits per heavy atom. The van der Waals surface area contributed by atoms with Gasteiger partial charge >= 0.3 is 5.97 Å². The van der Waals surface area contributed by atoms with E-state index >= 15 is 0 Å². The number of nitrogens with zero attached hydrogens (tertiary/aromatic N) is 2. The van der Waals surface area contributed by atoms with Crippen molar-refractivity contribution in [3.63, 3.8) is 0 Å². The van der Waals surface area contributed by atoms with Gasteiger partial charge in [0.2, 0.25) is 0 Å². The van der Waals surface area contributed by atoms with Gasteiger partial charge in [0.05, 0.1) is 12.5 Å². The first-order valence-electron chi connectivity index (χ1n) is 8.23. The third kappa shape index (κ3) is 4.79. The molecule has 1 fully saturated rings. The van der Waals surface area contributed by atoms with Crippen LogP contribution in [0.1, 0.15) is 34.6 Å². The average molecular weight is 315 g/mol. The van der Waals surface area contributed by atoms with E-state index in [1.165, 1.54) is 0 Å². The number of carbonyl (C=O) groups excluding carboxylic acids is 1. The average Bonchev–Trinajstić information content (AvgIpc) is 2.38. The van der Waals surface area contributed by atoms with Crippen LogP contribution in [-0.4, -0.2) is 63.0 Å². The molecule has 0 radical (unpaired) electrons. The summed E-state index contributed by atoms with van der Waals surface area (Å²) in [5, 5.41) is 0.396. The summed E-state index contributed by atoms with van der Waals surface area (Å²) in [6.07, 6.45) is 0. The van der Waals surface area contributed by atoms with E-state index in [1.807, 2.05) is 13.8 Å². The molecule has 0 saturated carbocycles. The highest BCUT2D eigenvalue weighted by Crippen LogP contribution is 2.38. The van der Waals surface area contributed by atoms with Gasteiger partial charge in [0.1, 0.15) is 8.24 Å². The maximum atomic E-state index is 11.7. The van der Waals surface area contributed by atoms with Crippen molar-refractivity contribution in [3.05, 3.63) is 0 Å². The molecule has 0 amide bonds. The van der Waals surface area contributed by atoms with Crippen LogP contribution in [0.3, 0.4) is 0 Å². The zero-order valence-corrected chi connectivity index (χ0v) is 16.0. The van der Waals surface area contributed by atoms with Crippen LogP contribution in [0.4, 0.5) is 0 Å². The summed E-state index contributed by atoms with van der Waals surface area (Å²) in [6, 6.07) is 0. The number of hydrogen-bond acceptors (Lipinski definition) is 4. The monoisotopic (exact) mass is 314 g/mol. The Hall–Kier alpha value is -0.393. The second kappa shape index (κ2) is 7.25. The summed E-state index contributed by atoms with van der Waals surface area (Å²) >= 11 is 0. The summed E-state index contributed by atoms with van der Waals surface area (Å²) in [5.41, 5.74) is 0. The van der Waals surface area contributed by atoms with E-state index in [0.29, 0.717) is 11.6 Å². The lowest BCUT2D eigenvalue weighted by atomic mass is 10.1. The summed E-state index contributed by atoms with van der Waals surface area (Å²) < 4.78 is 7.82. The van der Waals surface area contributed by atoms with Gasteiger partial charge in [-0.05, 0) is 12.0 Å². The van der Waals surface area contributed by atoms with E-state index in [0.717, 1.165) is 32.7 Å². The van der Waals surface area contributed by atoms with Crippen molar-refractivity contribution in [2.45, 2.75) is 52.8 Å². The topological polar surface area (TPSA) is 32.8 Å². The maximum Gasteiger partial charge on any atom is 0.309 e.